The molecule has 2 fully saturated rings. The number of amides is 2. The summed E-state index contributed by atoms with van der Waals surface area (Å²) in [6.45, 7) is 2.44. The number of oxazole rings is 1. The van der Waals surface area contributed by atoms with Gasteiger partial charge in [0.1, 0.15) is 22.6 Å². The van der Waals surface area contributed by atoms with E-state index in [0.29, 0.717) is 66.1 Å². The molecule has 6 rings (SSSR count). The lowest BCUT2D eigenvalue weighted by atomic mass is 10.1. The second kappa shape index (κ2) is 11.1. The van der Waals surface area contributed by atoms with Gasteiger partial charge >= 0.3 is 0 Å². The number of nitrogens with zero attached hydrogens (tertiary/aromatic N) is 3. The zero-order valence-corrected chi connectivity index (χ0v) is 22.1. The SMILES string of the molecule is O=C1NC(=S)N(c2ccc(Oc3ccccc3)cc2)C(=O)C1=CC(=CN1CCOCC1)c1nc2ccccc2o1. The third-order valence-electron chi connectivity index (χ3n) is 6.38. The van der Waals surface area contributed by atoms with Crippen molar-refractivity contribution in [1.82, 2.24) is 15.2 Å². The number of nitrogens with one attached hydrogen (secondary N) is 1. The van der Waals surface area contributed by atoms with Gasteiger partial charge < -0.3 is 18.8 Å². The van der Waals surface area contributed by atoms with E-state index in [1.165, 1.54) is 11.0 Å². The first-order valence-corrected chi connectivity index (χ1v) is 13.1. The quantitative estimate of drug-likeness (QED) is 0.210. The number of para-hydroxylation sites is 3. The summed E-state index contributed by atoms with van der Waals surface area (Å²) < 4.78 is 17.3. The predicted molar refractivity (Wildman–Crippen MR) is 154 cm³/mol. The largest absolute Gasteiger partial charge is 0.457 e. The summed E-state index contributed by atoms with van der Waals surface area (Å²) in [5, 5.41) is 2.63. The number of thiocarbonyl (C=S) groups is 1. The number of rotatable bonds is 6. The molecular weight excluding hydrogens is 528 g/mol. The molecule has 2 saturated heterocycles. The van der Waals surface area contributed by atoms with Crippen molar-refractivity contribution in [3.63, 3.8) is 0 Å². The van der Waals surface area contributed by atoms with Crippen LogP contribution in [0.15, 0.2) is 101 Å². The minimum absolute atomic E-state index is 0.00977. The highest BCUT2D eigenvalue weighted by Crippen LogP contribution is 2.29. The Morgan fingerprint density at radius 3 is 2.38 bits per heavy atom. The van der Waals surface area contributed by atoms with Crippen LogP contribution < -0.4 is 15.0 Å². The van der Waals surface area contributed by atoms with E-state index >= 15 is 0 Å². The number of morpholine rings is 1. The molecule has 0 unspecified atom stereocenters. The molecule has 1 aromatic heterocycles. The molecule has 0 spiro atoms. The van der Waals surface area contributed by atoms with Crippen LogP contribution in [-0.2, 0) is 14.3 Å². The summed E-state index contributed by atoms with van der Waals surface area (Å²) in [5.74, 6) is 0.421. The fourth-order valence-electron chi connectivity index (χ4n) is 4.39. The fourth-order valence-corrected chi connectivity index (χ4v) is 4.67. The smallest absolute Gasteiger partial charge is 0.270 e. The summed E-state index contributed by atoms with van der Waals surface area (Å²) >= 11 is 5.38. The summed E-state index contributed by atoms with van der Waals surface area (Å²) in [5.41, 5.74) is 2.14. The third kappa shape index (κ3) is 5.35. The Morgan fingerprint density at radius 1 is 0.925 bits per heavy atom. The van der Waals surface area contributed by atoms with Crippen LogP contribution in [0.2, 0.25) is 0 Å². The average Bonchev–Trinajstić information content (AvgIpc) is 3.41. The van der Waals surface area contributed by atoms with Gasteiger partial charge in [-0.05, 0) is 66.8 Å². The van der Waals surface area contributed by atoms with Gasteiger partial charge in [0.15, 0.2) is 10.7 Å². The molecule has 2 aliphatic rings. The molecule has 3 heterocycles. The Kier molecular flexibility index (Phi) is 7.09. The molecule has 1 N–H and O–H groups in total. The van der Waals surface area contributed by atoms with E-state index in [-0.39, 0.29) is 10.7 Å². The third-order valence-corrected chi connectivity index (χ3v) is 6.67. The van der Waals surface area contributed by atoms with Crippen molar-refractivity contribution in [2.75, 3.05) is 31.2 Å². The first-order chi connectivity index (χ1) is 19.5. The minimum Gasteiger partial charge on any atom is -0.457 e. The summed E-state index contributed by atoms with van der Waals surface area (Å²) in [7, 11) is 0. The van der Waals surface area contributed by atoms with E-state index in [9.17, 15) is 9.59 Å². The Hall–Kier alpha value is -4.80. The van der Waals surface area contributed by atoms with Gasteiger partial charge in [-0.25, -0.2) is 4.98 Å². The van der Waals surface area contributed by atoms with Crippen molar-refractivity contribution in [2.24, 2.45) is 0 Å². The zero-order chi connectivity index (χ0) is 27.5. The highest BCUT2D eigenvalue weighted by atomic mass is 32.1. The van der Waals surface area contributed by atoms with Crippen LogP contribution in [0.25, 0.3) is 16.7 Å². The number of ether oxygens (including phenoxy) is 2. The Balaban J connectivity index is 1.33. The molecule has 0 aliphatic carbocycles. The van der Waals surface area contributed by atoms with Crippen LogP contribution in [0.4, 0.5) is 5.69 Å². The molecule has 0 radical (unpaired) electrons. The molecule has 0 saturated carbocycles. The highest BCUT2D eigenvalue weighted by molar-refractivity contribution is 7.80. The number of carbonyl (C=O) groups is 2. The molecule has 2 aliphatic heterocycles. The molecule has 3 aromatic carbocycles. The zero-order valence-electron chi connectivity index (χ0n) is 21.3. The van der Waals surface area contributed by atoms with Crippen molar-refractivity contribution < 1.29 is 23.5 Å². The maximum absolute atomic E-state index is 13.7. The van der Waals surface area contributed by atoms with Gasteiger partial charge in [0.05, 0.1) is 24.5 Å². The lowest BCUT2D eigenvalue weighted by Crippen LogP contribution is -2.54. The van der Waals surface area contributed by atoms with E-state index in [2.05, 4.69) is 10.3 Å². The number of hydrogen-bond acceptors (Lipinski definition) is 8. The number of allylic oxidation sites excluding steroid dienone is 2. The maximum Gasteiger partial charge on any atom is 0.270 e. The summed E-state index contributed by atoms with van der Waals surface area (Å²) in [6, 6.07) is 23.6. The van der Waals surface area contributed by atoms with Crippen LogP contribution in [0.3, 0.4) is 0 Å². The molecule has 9 nitrogen and oxygen atoms in total. The first-order valence-electron chi connectivity index (χ1n) is 12.7. The monoisotopic (exact) mass is 552 g/mol. The van der Waals surface area contributed by atoms with Gasteiger partial charge in [-0.1, -0.05) is 30.3 Å². The molecule has 40 heavy (non-hydrogen) atoms. The average molecular weight is 553 g/mol. The van der Waals surface area contributed by atoms with E-state index in [1.807, 2.05) is 65.7 Å². The van der Waals surface area contributed by atoms with Gasteiger partial charge in [0.25, 0.3) is 11.8 Å². The number of hydrogen-bond donors (Lipinski definition) is 1. The fraction of sp³-hybridized carbons (Fsp3) is 0.133. The van der Waals surface area contributed by atoms with Crippen molar-refractivity contribution in [3.8, 4) is 11.5 Å². The van der Waals surface area contributed by atoms with E-state index in [4.69, 9.17) is 26.1 Å². The standard InChI is InChI=1S/C30H24N4O5S/c35-27-24(18-20(19-33-14-16-37-17-15-33)28-31-25-8-4-5-9-26(25)39-28)29(36)34(30(40)32-27)21-10-12-23(13-11-21)38-22-6-2-1-3-7-22/h1-13,18-19H,14-17H2,(H,32,35,40). The van der Waals surface area contributed by atoms with E-state index < -0.39 is 11.8 Å². The molecule has 0 bridgehead atoms. The number of carbonyl (C=O) groups excluding carboxylic acids is 2. The first kappa shape index (κ1) is 25.5. The highest BCUT2D eigenvalue weighted by Gasteiger charge is 2.35. The predicted octanol–water partition coefficient (Wildman–Crippen LogP) is 4.67. The van der Waals surface area contributed by atoms with E-state index in [0.717, 1.165) is 0 Å². The normalized spacial score (nSPS) is 17.4. The lowest BCUT2D eigenvalue weighted by Gasteiger charge is -2.29. The van der Waals surface area contributed by atoms with Crippen LogP contribution in [0.5, 0.6) is 11.5 Å². The number of aromatic nitrogens is 1. The van der Waals surface area contributed by atoms with Crippen LogP contribution >= 0.6 is 12.2 Å². The van der Waals surface area contributed by atoms with Crippen LogP contribution in [-0.4, -0.2) is 53.1 Å². The molecule has 10 heteroatoms. The Bertz CT molecular complexity index is 1610. The van der Waals surface area contributed by atoms with Crippen molar-refractivity contribution in [3.05, 3.63) is 103 Å². The second-order valence-corrected chi connectivity index (χ2v) is 9.47. The van der Waals surface area contributed by atoms with Gasteiger partial charge in [0, 0.05) is 19.3 Å². The van der Waals surface area contributed by atoms with Gasteiger partial charge in [0.2, 0.25) is 5.89 Å². The molecule has 0 atom stereocenters. The minimum atomic E-state index is -0.598. The summed E-state index contributed by atoms with van der Waals surface area (Å²) in [4.78, 5) is 34.7. The van der Waals surface area contributed by atoms with E-state index in [1.54, 1.807) is 24.3 Å². The maximum atomic E-state index is 13.7. The topological polar surface area (TPSA) is 97.1 Å². The molecule has 4 aromatic rings. The second-order valence-electron chi connectivity index (χ2n) is 9.09. The van der Waals surface area contributed by atoms with Crippen molar-refractivity contribution in [1.29, 1.82) is 0 Å². The van der Waals surface area contributed by atoms with Gasteiger partial charge in [-0.3, -0.25) is 19.8 Å². The lowest BCUT2D eigenvalue weighted by molar-refractivity contribution is -0.122. The number of benzene rings is 3. The number of anilines is 1. The molecular formula is C30H24N4O5S. The summed E-state index contributed by atoms with van der Waals surface area (Å²) in [6.07, 6.45) is 3.34. The van der Waals surface area contributed by atoms with Crippen molar-refractivity contribution >= 4 is 51.5 Å². The molecule has 2 amide bonds. The van der Waals surface area contributed by atoms with Crippen LogP contribution in [0, 0.1) is 0 Å². The van der Waals surface area contributed by atoms with Gasteiger partial charge in [-0.2, -0.15) is 0 Å². The van der Waals surface area contributed by atoms with Crippen LogP contribution in [0.1, 0.15) is 5.89 Å². The van der Waals surface area contributed by atoms with Gasteiger partial charge in [-0.15, -0.1) is 0 Å². The Labute approximate surface area is 235 Å². The Morgan fingerprint density at radius 2 is 1.62 bits per heavy atom. The number of fused-ring (bicyclic) bond motifs is 1. The van der Waals surface area contributed by atoms with Crippen molar-refractivity contribution in [2.45, 2.75) is 0 Å². The molecule has 200 valence electrons.